The number of hydrogen-bond donors (Lipinski definition) is 0. The lowest BCUT2D eigenvalue weighted by Gasteiger charge is -1.99. The summed E-state index contributed by atoms with van der Waals surface area (Å²) in [6.07, 6.45) is 5.98. The fraction of sp³-hybridized carbons (Fsp3) is 0.0625. The van der Waals surface area contributed by atoms with Crippen molar-refractivity contribution < 1.29 is 0 Å². The molecule has 0 unspecified atom stereocenters. The van der Waals surface area contributed by atoms with E-state index in [1.165, 1.54) is 0 Å². The molecule has 84 valence electrons. The monoisotopic (exact) mass is 221 g/mol. The van der Waals surface area contributed by atoms with Crippen molar-refractivity contribution in [1.82, 2.24) is 0 Å². The van der Waals surface area contributed by atoms with Gasteiger partial charge in [0.2, 0.25) is 0 Å². The maximum Gasteiger partial charge on any atom is 0.0702 e. The lowest BCUT2D eigenvalue weighted by Crippen LogP contribution is -1.79. The molecule has 0 aliphatic heterocycles. The first-order valence-electron chi connectivity index (χ1n) is 5.71. The summed E-state index contributed by atoms with van der Waals surface area (Å²) in [5.74, 6) is 0. The standard InChI is InChI=1S/C16H15N/c1-2-8-15-11-6-7-12-16(15)17-13-14-9-4-3-5-10-14/h2-13H,1H3/b8-2-,17-13?. The normalized spacial score (nSPS) is 11.4. The molecule has 0 atom stereocenters. The molecule has 2 aromatic carbocycles. The molecule has 0 aromatic heterocycles. The Labute approximate surface area is 102 Å². The average molecular weight is 221 g/mol. The molecule has 0 amide bonds. The summed E-state index contributed by atoms with van der Waals surface area (Å²) in [5, 5.41) is 0. The van der Waals surface area contributed by atoms with Crippen molar-refractivity contribution in [2.45, 2.75) is 6.92 Å². The minimum Gasteiger partial charge on any atom is -0.256 e. The van der Waals surface area contributed by atoms with Crippen molar-refractivity contribution in [3.63, 3.8) is 0 Å². The van der Waals surface area contributed by atoms with Gasteiger partial charge in [-0.15, -0.1) is 0 Å². The lowest BCUT2D eigenvalue weighted by atomic mass is 10.1. The van der Waals surface area contributed by atoms with Gasteiger partial charge in [0.1, 0.15) is 0 Å². The second-order valence-corrected chi connectivity index (χ2v) is 3.73. The van der Waals surface area contributed by atoms with E-state index in [2.05, 4.69) is 17.1 Å². The Morgan fingerprint density at radius 2 is 1.59 bits per heavy atom. The molecular formula is C16H15N. The fourth-order valence-electron chi connectivity index (χ4n) is 1.61. The molecule has 0 saturated carbocycles. The molecule has 0 aliphatic rings. The van der Waals surface area contributed by atoms with Crippen molar-refractivity contribution in [3.8, 4) is 0 Å². The summed E-state index contributed by atoms with van der Waals surface area (Å²) >= 11 is 0. The molecule has 0 fully saturated rings. The van der Waals surface area contributed by atoms with Crippen LogP contribution in [0.5, 0.6) is 0 Å². The maximum absolute atomic E-state index is 4.52. The maximum atomic E-state index is 4.52. The zero-order chi connectivity index (χ0) is 11.9. The van der Waals surface area contributed by atoms with Gasteiger partial charge in [0, 0.05) is 6.21 Å². The van der Waals surface area contributed by atoms with Crippen LogP contribution in [-0.2, 0) is 0 Å². The van der Waals surface area contributed by atoms with E-state index in [9.17, 15) is 0 Å². The van der Waals surface area contributed by atoms with Gasteiger partial charge in [0.25, 0.3) is 0 Å². The van der Waals surface area contributed by atoms with E-state index in [1.807, 2.05) is 67.7 Å². The van der Waals surface area contributed by atoms with Gasteiger partial charge in [-0.05, 0) is 24.1 Å². The Morgan fingerprint density at radius 3 is 2.35 bits per heavy atom. The van der Waals surface area contributed by atoms with Crippen LogP contribution in [0.2, 0.25) is 0 Å². The van der Waals surface area contributed by atoms with Crippen LogP contribution < -0.4 is 0 Å². The van der Waals surface area contributed by atoms with E-state index in [0.717, 1.165) is 16.8 Å². The highest BCUT2D eigenvalue weighted by atomic mass is 14.7. The molecule has 0 spiro atoms. The Hall–Kier alpha value is -2.15. The molecule has 2 aromatic rings. The smallest absolute Gasteiger partial charge is 0.0702 e. The Bertz CT molecular complexity index is 524. The van der Waals surface area contributed by atoms with Crippen LogP contribution in [0.1, 0.15) is 18.1 Å². The Morgan fingerprint density at radius 1 is 0.882 bits per heavy atom. The first kappa shape index (κ1) is 11.3. The first-order valence-corrected chi connectivity index (χ1v) is 5.71. The van der Waals surface area contributed by atoms with Crippen LogP contribution in [0.3, 0.4) is 0 Å². The molecule has 0 N–H and O–H groups in total. The van der Waals surface area contributed by atoms with Gasteiger partial charge in [-0.25, -0.2) is 0 Å². The third kappa shape index (κ3) is 3.15. The average Bonchev–Trinajstić information content (AvgIpc) is 2.39. The molecule has 0 aliphatic carbocycles. The van der Waals surface area contributed by atoms with Gasteiger partial charge in [0.05, 0.1) is 5.69 Å². The van der Waals surface area contributed by atoms with Crippen LogP contribution in [0, 0.1) is 0 Å². The molecular weight excluding hydrogens is 206 g/mol. The van der Waals surface area contributed by atoms with Crippen molar-refractivity contribution >= 4 is 18.0 Å². The molecule has 0 saturated heterocycles. The van der Waals surface area contributed by atoms with Crippen molar-refractivity contribution in [1.29, 1.82) is 0 Å². The largest absolute Gasteiger partial charge is 0.256 e. The van der Waals surface area contributed by atoms with E-state index in [-0.39, 0.29) is 0 Å². The highest BCUT2D eigenvalue weighted by Gasteiger charge is 1.94. The number of rotatable bonds is 3. The fourth-order valence-corrected chi connectivity index (χ4v) is 1.61. The van der Waals surface area contributed by atoms with Gasteiger partial charge in [-0.2, -0.15) is 0 Å². The zero-order valence-electron chi connectivity index (χ0n) is 9.88. The Kier molecular flexibility index (Phi) is 3.87. The summed E-state index contributed by atoms with van der Waals surface area (Å²) in [7, 11) is 0. The lowest BCUT2D eigenvalue weighted by molar-refractivity contribution is 1.50. The molecule has 0 bridgehead atoms. The number of allylic oxidation sites excluding steroid dienone is 1. The van der Waals surface area contributed by atoms with Crippen LogP contribution in [-0.4, -0.2) is 6.21 Å². The number of aliphatic imine (C=N–C) groups is 1. The molecule has 0 heterocycles. The van der Waals surface area contributed by atoms with Crippen molar-refractivity contribution in [2.24, 2.45) is 4.99 Å². The van der Waals surface area contributed by atoms with E-state index in [0.29, 0.717) is 0 Å². The van der Waals surface area contributed by atoms with Gasteiger partial charge in [-0.3, -0.25) is 4.99 Å². The molecule has 17 heavy (non-hydrogen) atoms. The highest BCUT2D eigenvalue weighted by Crippen LogP contribution is 2.19. The molecule has 0 radical (unpaired) electrons. The first-order chi connectivity index (χ1) is 8.40. The number of nitrogens with zero attached hydrogens (tertiary/aromatic N) is 1. The summed E-state index contributed by atoms with van der Waals surface area (Å²) in [6, 6.07) is 18.2. The zero-order valence-corrected chi connectivity index (χ0v) is 9.88. The third-order valence-corrected chi connectivity index (χ3v) is 2.44. The molecule has 2 rings (SSSR count). The number of benzene rings is 2. The highest BCUT2D eigenvalue weighted by molar-refractivity contribution is 5.83. The van der Waals surface area contributed by atoms with Gasteiger partial charge < -0.3 is 0 Å². The predicted molar refractivity (Wildman–Crippen MR) is 74.8 cm³/mol. The second-order valence-electron chi connectivity index (χ2n) is 3.73. The third-order valence-electron chi connectivity index (χ3n) is 2.44. The van der Waals surface area contributed by atoms with E-state index in [4.69, 9.17) is 0 Å². The molecule has 1 nitrogen and oxygen atoms in total. The van der Waals surface area contributed by atoms with Gasteiger partial charge in [0.15, 0.2) is 0 Å². The number of para-hydroxylation sites is 1. The topological polar surface area (TPSA) is 12.4 Å². The Balaban J connectivity index is 2.27. The summed E-state index contributed by atoms with van der Waals surface area (Å²) in [4.78, 5) is 4.52. The SMILES string of the molecule is C/C=C\c1ccccc1N=Cc1ccccc1. The van der Waals surface area contributed by atoms with Gasteiger partial charge >= 0.3 is 0 Å². The van der Waals surface area contributed by atoms with E-state index >= 15 is 0 Å². The van der Waals surface area contributed by atoms with E-state index in [1.54, 1.807) is 0 Å². The predicted octanol–water partition coefficient (Wildman–Crippen LogP) is 4.47. The summed E-state index contributed by atoms with van der Waals surface area (Å²) in [5.41, 5.74) is 3.25. The number of hydrogen-bond acceptors (Lipinski definition) is 1. The van der Waals surface area contributed by atoms with E-state index < -0.39 is 0 Å². The minimum absolute atomic E-state index is 0.995. The van der Waals surface area contributed by atoms with Crippen molar-refractivity contribution in [2.75, 3.05) is 0 Å². The van der Waals surface area contributed by atoms with Crippen LogP contribution in [0.25, 0.3) is 6.08 Å². The quantitative estimate of drug-likeness (QED) is 0.678. The van der Waals surface area contributed by atoms with Crippen molar-refractivity contribution in [3.05, 3.63) is 71.8 Å². The van der Waals surface area contributed by atoms with Crippen LogP contribution in [0.15, 0.2) is 65.7 Å². The van der Waals surface area contributed by atoms with Crippen LogP contribution in [0.4, 0.5) is 5.69 Å². The van der Waals surface area contributed by atoms with Crippen LogP contribution >= 0.6 is 0 Å². The minimum atomic E-state index is 0.995. The second kappa shape index (κ2) is 5.80. The van der Waals surface area contributed by atoms with Gasteiger partial charge in [-0.1, -0.05) is 60.7 Å². The molecule has 1 heteroatoms. The summed E-state index contributed by atoms with van der Waals surface area (Å²) in [6.45, 7) is 2.01. The summed E-state index contributed by atoms with van der Waals surface area (Å²) < 4.78 is 0.